The molecule has 1 saturated heterocycles. The smallest absolute Gasteiger partial charge is 0.341 e. The molecule has 8 nitrogen and oxygen atoms in total. The van der Waals surface area contributed by atoms with Crippen molar-refractivity contribution in [1.29, 1.82) is 0 Å². The van der Waals surface area contributed by atoms with Gasteiger partial charge in [0, 0.05) is 19.9 Å². The molecular weight excluding hydrogens is 292 g/mol. The molecule has 0 spiro atoms. The summed E-state index contributed by atoms with van der Waals surface area (Å²) in [5.41, 5.74) is -1.08. The van der Waals surface area contributed by atoms with E-state index < -0.39 is 17.0 Å². The van der Waals surface area contributed by atoms with Gasteiger partial charge in [-0.15, -0.1) is 0 Å². The van der Waals surface area contributed by atoms with Crippen LogP contribution in [-0.2, 0) is 4.74 Å². The van der Waals surface area contributed by atoms with E-state index >= 15 is 0 Å². The maximum Gasteiger partial charge on any atom is 0.341 e. The number of fused-ring (bicyclic) bond motifs is 3. The van der Waals surface area contributed by atoms with Gasteiger partial charge in [0.1, 0.15) is 5.56 Å². The molecule has 0 bridgehead atoms. The Morgan fingerprint density at radius 1 is 1.41 bits per heavy atom. The van der Waals surface area contributed by atoms with Gasteiger partial charge >= 0.3 is 5.97 Å². The fourth-order valence-corrected chi connectivity index (χ4v) is 3.14. The summed E-state index contributed by atoms with van der Waals surface area (Å²) in [5.74, 6) is -1.94. The average Bonchev–Trinajstić information content (AvgIpc) is 2.51. The number of likely N-dealkylation sites (N-methyl/N-ethyl adjacent to an activating group) is 1. The summed E-state index contributed by atoms with van der Waals surface area (Å²) in [4.78, 5) is 37.6. The Labute approximate surface area is 125 Å². The van der Waals surface area contributed by atoms with Gasteiger partial charge in [-0.2, -0.15) is 0 Å². The Bertz CT molecular complexity index is 710. The summed E-state index contributed by atoms with van der Waals surface area (Å²) in [6, 6.07) is -0.332. The van der Waals surface area contributed by atoms with Crippen LogP contribution in [0.15, 0.2) is 11.0 Å². The van der Waals surface area contributed by atoms with Gasteiger partial charge in [-0.25, -0.2) is 4.79 Å². The zero-order chi connectivity index (χ0) is 16.0. The lowest BCUT2D eigenvalue weighted by molar-refractivity contribution is -0.0116. The first-order chi connectivity index (χ1) is 10.5. The van der Waals surface area contributed by atoms with Crippen LogP contribution in [0.2, 0.25) is 0 Å². The molecule has 1 N–H and O–H groups in total. The third-order valence-corrected chi connectivity index (χ3v) is 4.30. The topological polar surface area (TPSA) is 98.1 Å². The predicted molar refractivity (Wildman–Crippen MR) is 74.6 cm³/mol. The highest BCUT2D eigenvalue weighted by atomic mass is 16.5. The number of hydrogen-bond donors (Lipinski definition) is 1. The van der Waals surface area contributed by atoms with Crippen molar-refractivity contribution in [3.63, 3.8) is 0 Å². The average molecular weight is 308 g/mol. The lowest BCUT2D eigenvalue weighted by Crippen LogP contribution is -2.54. The molecular formula is C14H16N2O6. The molecule has 0 unspecified atom stereocenters. The molecule has 8 heteroatoms. The van der Waals surface area contributed by atoms with Crippen molar-refractivity contribution in [3.8, 4) is 5.75 Å². The van der Waals surface area contributed by atoms with E-state index in [4.69, 9.17) is 9.47 Å². The highest BCUT2D eigenvalue weighted by Gasteiger charge is 2.42. The first-order valence-corrected chi connectivity index (χ1v) is 6.88. The number of ether oxygens (including phenoxy) is 2. The number of hydrogen-bond acceptors (Lipinski definition) is 5. The summed E-state index contributed by atoms with van der Waals surface area (Å²) < 4.78 is 12.0. The second kappa shape index (κ2) is 5.13. The molecule has 0 aromatic carbocycles. The van der Waals surface area contributed by atoms with Crippen LogP contribution in [0.1, 0.15) is 33.3 Å². The highest BCUT2D eigenvalue weighted by molar-refractivity contribution is 5.97. The summed E-state index contributed by atoms with van der Waals surface area (Å²) in [6.07, 6.45) is 1.87. The van der Waals surface area contributed by atoms with E-state index in [2.05, 4.69) is 0 Å². The zero-order valence-electron chi connectivity index (χ0n) is 12.2. The van der Waals surface area contributed by atoms with E-state index in [-0.39, 0.29) is 29.4 Å². The third-order valence-electron chi connectivity index (χ3n) is 4.30. The van der Waals surface area contributed by atoms with Gasteiger partial charge < -0.3 is 24.0 Å². The molecule has 3 heterocycles. The Balaban J connectivity index is 2.30. The minimum Gasteiger partial charge on any atom is -0.491 e. The minimum absolute atomic E-state index is 0.100. The number of methoxy groups -OCH3 is 1. The lowest BCUT2D eigenvalue weighted by atomic mass is 9.96. The number of amides is 1. The minimum atomic E-state index is -1.34. The van der Waals surface area contributed by atoms with Crippen LogP contribution in [0, 0.1) is 0 Å². The van der Waals surface area contributed by atoms with E-state index in [1.807, 2.05) is 0 Å². The van der Waals surface area contributed by atoms with Gasteiger partial charge in [0.2, 0.25) is 5.43 Å². The summed E-state index contributed by atoms with van der Waals surface area (Å²) >= 11 is 0. The highest BCUT2D eigenvalue weighted by Crippen LogP contribution is 2.34. The number of carbonyl (C=O) groups excluding carboxylic acids is 1. The van der Waals surface area contributed by atoms with Gasteiger partial charge in [0.25, 0.3) is 5.91 Å². The van der Waals surface area contributed by atoms with E-state index in [1.54, 1.807) is 11.6 Å². The fourth-order valence-electron chi connectivity index (χ4n) is 3.14. The maximum atomic E-state index is 12.6. The maximum absolute atomic E-state index is 12.6. The number of rotatable bonds is 2. The van der Waals surface area contributed by atoms with Crippen LogP contribution in [0.25, 0.3) is 0 Å². The van der Waals surface area contributed by atoms with Gasteiger partial charge in [-0.1, -0.05) is 0 Å². The molecule has 0 radical (unpaired) electrons. The Morgan fingerprint density at radius 2 is 2.14 bits per heavy atom. The van der Waals surface area contributed by atoms with Crippen molar-refractivity contribution in [2.24, 2.45) is 0 Å². The summed E-state index contributed by atoms with van der Waals surface area (Å²) in [6.45, 7) is 0.892. The molecule has 2 aliphatic rings. The van der Waals surface area contributed by atoms with Gasteiger partial charge in [-0.3, -0.25) is 9.59 Å². The van der Waals surface area contributed by atoms with Crippen LogP contribution in [-0.4, -0.2) is 59.9 Å². The number of carbonyl (C=O) groups is 2. The number of carboxylic acid groups (broad SMARTS) is 1. The number of nitrogens with zero attached hydrogens (tertiary/aromatic N) is 2. The number of aromatic nitrogens is 1. The number of aromatic carboxylic acids is 1. The van der Waals surface area contributed by atoms with Crippen LogP contribution in [0.3, 0.4) is 0 Å². The SMILES string of the molecule is COc1c2n(cc(C(=O)O)c1=O)[C@@H]1CCOC[C@H]1N(C)C2=O. The van der Waals surface area contributed by atoms with E-state index in [1.165, 1.54) is 18.2 Å². The normalized spacial score (nSPS) is 23.7. The molecule has 2 aliphatic heterocycles. The fraction of sp³-hybridized carbons (Fsp3) is 0.500. The van der Waals surface area contributed by atoms with E-state index in [0.717, 1.165) is 0 Å². The Hall–Kier alpha value is -2.35. The number of pyridine rings is 1. The van der Waals surface area contributed by atoms with Crippen molar-refractivity contribution in [3.05, 3.63) is 27.7 Å². The van der Waals surface area contributed by atoms with Gasteiger partial charge in [-0.05, 0) is 6.42 Å². The largest absolute Gasteiger partial charge is 0.491 e. The zero-order valence-corrected chi connectivity index (χ0v) is 12.2. The van der Waals surface area contributed by atoms with Crippen molar-refractivity contribution in [2.75, 3.05) is 27.4 Å². The molecule has 2 atom stereocenters. The second-order valence-corrected chi connectivity index (χ2v) is 5.38. The van der Waals surface area contributed by atoms with Gasteiger partial charge in [0.15, 0.2) is 11.4 Å². The Kier molecular flexibility index (Phi) is 3.40. The summed E-state index contributed by atoms with van der Waals surface area (Å²) in [7, 11) is 2.90. The number of carboxylic acids is 1. The molecule has 118 valence electrons. The van der Waals surface area contributed by atoms with E-state index in [0.29, 0.717) is 19.6 Å². The lowest BCUT2D eigenvalue weighted by Gasteiger charge is -2.44. The molecule has 1 aromatic heterocycles. The molecule has 0 aliphatic carbocycles. The Morgan fingerprint density at radius 3 is 2.77 bits per heavy atom. The second-order valence-electron chi connectivity index (χ2n) is 5.38. The molecule has 3 rings (SSSR count). The van der Waals surface area contributed by atoms with Crippen molar-refractivity contribution in [2.45, 2.75) is 18.5 Å². The molecule has 0 saturated carbocycles. The quantitative estimate of drug-likeness (QED) is 0.824. The monoisotopic (exact) mass is 308 g/mol. The summed E-state index contributed by atoms with van der Waals surface area (Å²) in [5, 5.41) is 9.21. The van der Waals surface area contributed by atoms with Crippen LogP contribution < -0.4 is 10.2 Å². The van der Waals surface area contributed by atoms with Crippen molar-refractivity contribution in [1.82, 2.24) is 9.47 Å². The van der Waals surface area contributed by atoms with Crippen LogP contribution in [0.4, 0.5) is 0 Å². The molecule has 1 fully saturated rings. The first kappa shape index (κ1) is 14.6. The first-order valence-electron chi connectivity index (χ1n) is 6.88. The van der Waals surface area contributed by atoms with Gasteiger partial charge in [0.05, 0.1) is 25.8 Å². The standard InChI is InChI=1S/C14H16N2O6/c1-15-9-6-22-4-3-8(9)16-5-7(14(19)20)11(17)12(21-2)10(16)13(15)18/h5,8-9H,3-4,6H2,1-2H3,(H,19,20)/t8-,9-/m1/s1. The van der Waals surface area contributed by atoms with Crippen LogP contribution >= 0.6 is 0 Å². The van der Waals surface area contributed by atoms with Crippen molar-refractivity contribution < 1.29 is 24.2 Å². The van der Waals surface area contributed by atoms with E-state index in [9.17, 15) is 19.5 Å². The molecule has 1 aromatic rings. The molecule has 22 heavy (non-hydrogen) atoms. The van der Waals surface area contributed by atoms with Crippen LogP contribution in [0.5, 0.6) is 5.75 Å². The molecule has 1 amide bonds. The predicted octanol–water partition coefficient (Wildman–Crippen LogP) is -0.0293. The van der Waals surface area contributed by atoms with Crippen molar-refractivity contribution >= 4 is 11.9 Å². The third kappa shape index (κ3) is 1.91.